The van der Waals surface area contributed by atoms with Gasteiger partial charge in [-0.3, -0.25) is 19.4 Å². The van der Waals surface area contributed by atoms with Crippen molar-refractivity contribution in [3.05, 3.63) is 88.5 Å². The number of hydrogen-bond acceptors (Lipinski definition) is 7. The molecule has 0 spiro atoms. The Bertz CT molecular complexity index is 1730. The molecule has 13 heteroatoms. The quantitative estimate of drug-likeness (QED) is 0.238. The van der Waals surface area contributed by atoms with Crippen molar-refractivity contribution in [3.63, 3.8) is 0 Å². The number of fused-ring (bicyclic) bond motifs is 1. The first-order valence-corrected chi connectivity index (χ1v) is 11.8. The van der Waals surface area contributed by atoms with E-state index in [1.807, 2.05) is 0 Å². The Morgan fingerprint density at radius 2 is 1.92 bits per heavy atom. The summed E-state index contributed by atoms with van der Waals surface area (Å²) in [7, 11) is 1.56. The topological polar surface area (TPSA) is 139 Å². The van der Waals surface area contributed by atoms with E-state index in [1.54, 1.807) is 20.0 Å². The van der Waals surface area contributed by atoms with Crippen LogP contribution >= 0.6 is 0 Å². The molecule has 200 valence electrons. The lowest BCUT2D eigenvalue weighted by Crippen LogP contribution is -2.25. The molecule has 0 aliphatic heterocycles. The number of benzene rings is 2. The minimum Gasteiger partial charge on any atom is -0.453 e. The molecule has 0 aliphatic rings. The van der Waals surface area contributed by atoms with Crippen molar-refractivity contribution < 1.29 is 23.4 Å². The number of nitrogens with zero attached hydrogens (tertiary/aromatic N) is 4. The molecule has 3 aromatic heterocycles. The Kier molecular flexibility index (Phi) is 6.81. The van der Waals surface area contributed by atoms with Crippen molar-refractivity contribution >= 4 is 28.4 Å². The number of pyridine rings is 1. The number of carbonyl (C=O) groups is 1. The van der Waals surface area contributed by atoms with Crippen molar-refractivity contribution in [3.8, 4) is 17.2 Å². The molecule has 39 heavy (non-hydrogen) atoms. The Morgan fingerprint density at radius 3 is 2.64 bits per heavy atom. The van der Waals surface area contributed by atoms with Crippen molar-refractivity contribution in [1.29, 1.82) is 0 Å². The van der Waals surface area contributed by atoms with Gasteiger partial charge in [-0.2, -0.15) is 5.10 Å². The first kappa shape index (κ1) is 25.6. The molecule has 1 atom stereocenters. The predicted molar refractivity (Wildman–Crippen MR) is 139 cm³/mol. The summed E-state index contributed by atoms with van der Waals surface area (Å²) in [6.07, 6.45) is 2.80. The fourth-order valence-corrected chi connectivity index (χ4v) is 3.96. The number of aryl methyl sites for hydroxylation is 1. The number of nitrogens with one attached hydrogen (secondary N) is 3. The van der Waals surface area contributed by atoms with Crippen LogP contribution in [0, 0.1) is 11.6 Å². The highest BCUT2D eigenvalue weighted by Gasteiger charge is 2.20. The number of amides is 1. The number of carbonyl (C=O) groups excluding carboxylic acids is 1. The first-order chi connectivity index (χ1) is 18.7. The van der Waals surface area contributed by atoms with E-state index in [4.69, 9.17) is 4.74 Å². The van der Waals surface area contributed by atoms with Crippen LogP contribution in [0.3, 0.4) is 0 Å². The number of rotatable bonds is 8. The number of aromatic nitrogens is 5. The third kappa shape index (κ3) is 5.07. The summed E-state index contributed by atoms with van der Waals surface area (Å²) < 4.78 is 36.7. The molecule has 0 bridgehead atoms. The Labute approximate surface area is 219 Å². The van der Waals surface area contributed by atoms with Crippen LogP contribution in [0.1, 0.15) is 17.3 Å². The molecule has 4 N–H and O–H groups in total. The molecule has 11 nitrogen and oxygen atoms in total. The lowest BCUT2D eigenvalue weighted by Gasteiger charge is -2.12. The zero-order valence-electron chi connectivity index (χ0n) is 20.8. The Balaban J connectivity index is 1.36. The van der Waals surface area contributed by atoms with Gasteiger partial charge in [0.25, 0.3) is 11.5 Å². The number of ether oxygens (including phenoxy) is 1. The predicted octanol–water partition coefficient (Wildman–Crippen LogP) is 3.56. The summed E-state index contributed by atoms with van der Waals surface area (Å²) in [6.45, 7) is 1.63. The van der Waals surface area contributed by atoms with Gasteiger partial charge in [-0.1, -0.05) is 0 Å². The number of aliphatic hydroxyl groups excluding tert-OH is 1. The molecular formula is C26H23F2N7O4. The highest BCUT2D eigenvalue weighted by atomic mass is 19.1. The molecule has 0 radical (unpaired) electrons. The van der Waals surface area contributed by atoms with E-state index in [0.717, 1.165) is 6.07 Å². The summed E-state index contributed by atoms with van der Waals surface area (Å²) in [5, 5.41) is 22.2. The first-order valence-electron chi connectivity index (χ1n) is 11.8. The van der Waals surface area contributed by atoms with Gasteiger partial charge in [0.15, 0.2) is 23.0 Å². The van der Waals surface area contributed by atoms with Crippen LogP contribution in [-0.2, 0) is 7.05 Å². The van der Waals surface area contributed by atoms with E-state index in [0.29, 0.717) is 22.5 Å². The minimum atomic E-state index is -0.767. The fraction of sp³-hybridized carbons (Fsp3) is 0.154. The van der Waals surface area contributed by atoms with Gasteiger partial charge < -0.3 is 20.5 Å². The van der Waals surface area contributed by atoms with Gasteiger partial charge in [0.05, 0.1) is 12.3 Å². The maximum Gasteiger partial charge on any atom is 0.284 e. The maximum atomic E-state index is 15.0. The van der Waals surface area contributed by atoms with Gasteiger partial charge >= 0.3 is 0 Å². The van der Waals surface area contributed by atoms with Crippen LogP contribution < -0.4 is 20.9 Å². The van der Waals surface area contributed by atoms with Crippen LogP contribution in [0.4, 0.5) is 20.3 Å². The molecule has 0 saturated carbocycles. The zero-order valence-corrected chi connectivity index (χ0v) is 20.8. The summed E-state index contributed by atoms with van der Waals surface area (Å²) in [5.74, 6) is -1.44. The van der Waals surface area contributed by atoms with Crippen LogP contribution in [-0.4, -0.2) is 48.2 Å². The third-order valence-corrected chi connectivity index (χ3v) is 5.86. The zero-order chi connectivity index (χ0) is 27.7. The molecule has 5 aromatic rings. The summed E-state index contributed by atoms with van der Waals surface area (Å²) >= 11 is 0. The van der Waals surface area contributed by atoms with Crippen LogP contribution in [0.5, 0.6) is 11.5 Å². The van der Waals surface area contributed by atoms with Crippen molar-refractivity contribution in [2.75, 3.05) is 17.2 Å². The molecular weight excluding hydrogens is 512 g/mol. The smallest absolute Gasteiger partial charge is 0.284 e. The molecule has 0 saturated heterocycles. The van der Waals surface area contributed by atoms with E-state index in [-0.39, 0.29) is 35.4 Å². The summed E-state index contributed by atoms with van der Waals surface area (Å²) in [4.78, 5) is 29.9. The number of H-pyrrole nitrogens is 1. The highest BCUT2D eigenvalue weighted by Crippen LogP contribution is 2.34. The van der Waals surface area contributed by atoms with Crippen LogP contribution in [0.2, 0.25) is 0 Å². The molecule has 1 amide bonds. The average Bonchev–Trinajstić information content (AvgIpc) is 3.46. The van der Waals surface area contributed by atoms with Crippen molar-refractivity contribution in [2.45, 2.75) is 13.0 Å². The van der Waals surface area contributed by atoms with E-state index < -0.39 is 23.1 Å². The van der Waals surface area contributed by atoms with Gasteiger partial charge in [0.1, 0.15) is 22.5 Å². The van der Waals surface area contributed by atoms with Gasteiger partial charge in [-0.05, 0) is 43.3 Å². The van der Waals surface area contributed by atoms with Gasteiger partial charge in [0, 0.05) is 43.3 Å². The van der Waals surface area contributed by atoms with Crippen LogP contribution in [0.25, 0.3) is 16.7 Å². The monoisotopic (exact) mass is 535 g/mol. The number of aliphatic hydroxyl groups is 1. The molecule has 5 rings (SSSR count). The molecule has 0 aliphatic carbocycles. The van der Waals surface area contributed by atoms with Crippen molar-refractivity contribution in [2.24, 2.45) is 7.05 Å². The Hall–Kier alpha value is -5.04. The SMILES string of the molecule is C[C@H](CO)Nc1n[nH]c2nccc(Oc3ccc(NC(=O)c4cn(C)n(-c5ccc(F)cc5)c4=O)cc3F)c12. The van der Waals surface area contributed by atoms with Crippen LogP contribution in [0.15, 0.2) is 65.7 Å². The van der Waals surface area contributed by atoms with Gasteiger partial charge in [0.2, 0.25) is 0 Å². The molecule has 0 fully saturated rings. The summed E-state index contributed by atoms with van der Waals surface area (Å²) in [6, 6.07) is 10.3. The van der Waals surface area contributed by atoms with Gasteiger partial charge in [-0.15, -0.1) is 0 Å². The highest BCUT2D eigenvalue weighted by molar-refractivity contribution is 6.04. The number of anilines is 2. The fourth-order valence-electron chi connectivity index (χ4n) is 3.96. The van der Waals surface area contributed by atoms with E-state index in [9.17, 15) is 19.1 Å². The molecule has 0 unspecified atom stereocenters. The number of aromatic amines is 1. The normalized spacial score (nSPS) is 11.9. The van der Waals surface area contributed by atoms with Gasteiger partial charge in [-0.25, -0.2) is 18.4 Å². The lowest BCUT2D eigenvalue weighted by atomic mass is 10.2. The molecule has 3 heterocycles. The standard InChI is InChI=1S/C26H23F2N7O4/c1-14(13-36)30-24-22-21(9-10-29-23(22)32-33-24)39-20-8-5-16(11-19(20)28)31-25(37)18-12-34(2)35(26(18)38)17-6-3-15(27)4-7-17/h3-12,14,36H,13H2,1-2H3,(H,31,37)(H2,29,30,32,33)/t14-/m1/s1. The number of hydrogen-bond donors (Lipinski definition) is 4. The maximum absolute atomic E-state index is 15.0. The largest absolute Gasteiger partial charge is 0.453 e. The summed E-state index contributed by atoms with van der Waals surface area (Å²) in [5.41, 5.74) is 0.0764. The minimum absolute atomic E-state index is 0.101. The van der Waals surface area contributed by atoms with E-state index in [2.05, 4.69) is 25.8 Å². The second-order valence-electron chi connectivity index (χ2n) is 8.74. The molecule has 2 aromatic carbocycles. The lowest BCUT2D eigenvalue weighted by molar-refractivity contribution is 0.102. The third-order valence-electron chi connectivity index (χ3n) is 5.86. The average molecular weight is 536 g/mol. The van der Waals surface area contributed by atoms with E-state index in [1.165, 1.54) is 58.2 Å². The second kappa shape index (κ2) is 10.4. The second-order valence-corrected chi connectivity index (χ2v) is 8.74. The number of halogens is 2. The van der Waals surface area contributed by atoms with Crippen molar-refractivity contribution in [1.82, 2.24) is 24.5 Å². The Morgan fingerprint density at radius 1 is 1.15 bits per heavy atom. The van der Waals surface area contributed by atoms with E-state index >= 15 is 4.39 Å².